The predicted molar refractivity (Wildman–Crippen MR) is 170 cm³/mol. The van der Waals surface area contributed by atoms with Crippen molar-refractivity contribution in [2.75, 3.05) is 20.1 Å². The van der Waals surface area contributed by atoms with Gasteiger partial charge in [0.15, 0.2) is 0 Å². The van der Waals surface area contributed by atoms with E-state index in [9.17, 15) is 14.4 Å². The van der Waals surface area contributed by atoms with Crippen molar-refractivity contribution >= 4 is 29.5 Å². The molecule has 9 heteroatoms. The molecule has 1 saturated heterocycles. The van der Waals surface area contributed by atoms with Crippen LogP contribution in [-0.4, -0.2) is 59.5 Å². The monoisotopic (exact) mass is 603 g/mol. The lowest BCUT2D eigenvalue weighted by Crippen LogP contribution is -2.56. The Morgan fingerprint density at radius 3 is 2.37 bits per heavy atom. The van der Waals surface area contributed by atoms with Gasteiger partial charge in [0.25, 0.3) is 5.91 Å². The third kappa shape index (κ3) is 7.51. The summed E-state index contributed by atoms with van der Waals surface area (Å²) in [6.45, 7) is 8.20. The maximum absolute atomic E-state index is 14.2. The molecule has 3 amide bonds. The van der Waals surface area contributed by atoms with Crippen LogP contribution >= 0.6 is 11.8 Å². The number of hydrogen-bond donors (Lipinski definition) is 2. The quantitative estimate of drug-likeness (QED) is 0.321. The molecule has 0 spiro atoms. The van der Waals surface area contributed by atoms with E-state index in [0.717, 1.165) is 16.7 Å². The molecule has 3 atom stereocenters. The number of thioether (sulfide) groups is 1. The van der Waals surface area contributed by atoms with E-state index in [1.165, 1.54) is 7.11 Å². The van der Waals surface area contributed by atoms with Crippen LogP contribution in [-0.2, 0) is 22.6 Å². The molecule has 4 rings (SSSR count). The van der Waals surface area contributed by atoms with Gasteiger partial charge in [0.2, 0.25) is 11.8 Å². The maximum atomic E-state index is 14.2. The average Bonchev–Trinajstić information content (AvgIpc) is 3.34. The fourth-order valence-corrected chi connectivity index (χ4v) is 6.53. The zero-order chi connectivity index (χ0) is 31.1. The molecule has 0 aromatic heterocycles. The predicted octanol–water partition coefficient (Wildman–Crippen LogP) is 4.99. The van der Waals surface area contributed by atoms with Crippen molar-refractivity contribution in [2.24, 2.45) is 5.92 Å². The largest absolute Gasteiger partial charge is 0.497 e. The molecular formula is C34H41N3O5S. The number of carbonyl (C=O) groups excluding carboxylic acids is 3. The summed E-state index contributed by atoms with van der Waals surface area (Å²) in [4.78, 5) is 43.0. The van der Waals surface area contributed by atoms with E-state index in [-0.39, 0.29) is 17.7 Å². The van der Waals surface area contributed by atoms with Gasteiger partial charge >= 0.3 is 0 Å². The molecule has 1 heterocycles. The van der Waals surface area contributed by atoms with Crippen LogP contribution in [0.4, 0.5) is 0 Å². The summed E-state index contributed by atoms with van der Waals surface area (Å²) in [7, 11) is 3.04. The molecule has 0 saturated carbocycles. The molecule has 3 aromatic carbocycles. The van der Waals surface area contributed by atoms with E-state index >= 15 is 0 Å². The molecule has 1 fully saturated rings. The summed E-state index contributed by atoms with van der Waals surface area (Å²) >= 11 is 1.58. The molecule has 1 unspecified atom stereocenters. The third-order valence-corrected chi connectivity index (χ3v) is 9.43. The highest BCUT2D eigenvalue weighted by Gasteiger charge is 2.49. The Balaban J connectivity index is 1.57. The lowest BCUT2D eigenvalue weighted by atomic mass is 9.91. The second-order valence-corrected chi connectivity index (χ2v) is 13.0. The zero-order valence-electron chi connectivity index (χ0n) is 25.7. The number of benzene rings is 3. The van der Waals surface area contributed by atoms with Gasteiger partial charge in [0, 0.05) is 23.4 Å². The summed E-state index contributed by atoms with van der Waals surface area (Å²) in [6.07, 6.45) is 0.437. The van der Waals surface area contributed by atoms with E-state index in [1.54, 1.807) is 42.0 Å². The van der Waals surface area contributed by atoms with E-state index < -0.39 is 22.7 Å². The Morgan fingerprint density at radius 1 is 1.00 bits per heavy atom. The smallest absolute Gasteiger partial charge is 0.255 e. The number of nitrogens with zero attached hydrogens (tertiary/aromatic N) is 1. The van der Waals surface area contributed by atoms with Crippen LogP contribution in [0.5, 0.6) is 11.5 Å². The first kappa shape index (κ1) is 31.9. The van der Waals surface area contributed by atoms with Crippen LogP contribution in [0.15, 0.2) is 72.8 Å². The minimum atomic E-state index is -0.661. The van der Waals surface area contributed by atoms with Gasteiger partial charge in [-0.2, -0.15) is 0 Å². The van der Waals surface area contributed by atoms with Crippen molar-refractivity contribution in [1.29, 1.82) is 0 Å². The SMILES string of the molecule is COc1ccc(C(=O)NC(Cc2ccccc2)[C@H](C)C(=O)N2CSC(C)(C)[C@H]2C(=O)NCc2ccccc2C)c(OC)c1. The van der Waals surface area contributed by atoms with Gasteiger partial charge in [-0.25, -0.2) is 0 Å². The van der Waals surface area contributed by atoms with Gasteiger partial charge < -0.3 is 25.0 Å². The molecule has 1 aliphatic heterocycles. The van der Waals surface area contributed by atoms with Crippen LogP contribution in [0.2, 0.25) is 0 Å². The van der Waals surface area contributed by atoms with E-state index in [2.05, 4.69) is 10.6 Å². The van der Waals surface area contributed by atoms with E-state index in [1.807, 2.05) is 82.3 Å². The summed E-state index contributed by atoms with van der Waals surface area (Å²) in [6, 6.07) is 21.4. The highest BCUT2D eigenvalue weighted by atomic mass is 32.2. The number of aryl methyl sites for hydroxylation is 1. The molecule has 2 N–H and O–H groups in total. The Morgan fingerprint density at radius 2 is 1.70 bits per heavy atom. The summed E-state index contributed by atoms with van der Waals surface area (Å²) in [5.74, 6) is -0.0199. The fraction of sp³-hybridized carbons (Fsp3) is 0.382. The molecule has 3 aromatic rings. The number of hydrogen-bond acceptors (Lipinski definition) is 6. The van der Waals surface area contributed by atoms with Crippen LogP contribution in [0, 0.1) is 12.8 Å². The molecule has 0 bridgehead atoms. The minimum Gasteiger partial charge on any atom is -0.497 e. The summed E-state index contributed by atoms with van der Waals surface area (Å²) < 4.78 is 10.3. The number of methoxy groups -OCH3 is 2. The molecule has 43 heavy (non-hydrogen) atoms. The van der Waals surface area contributed by atoms with Gasteiger partial charge in [-0.3, -0.25) is 14.4 Å². The van der Waals surface area contributed by atoms with Gasteiger partial charge in [0.05, 0.1) is 31.6 Å². The fourth-order valence-electron chi connectivity index (χ4n) is 5.39. The Bertz CT molecular complexity index is 1440. The highest BCUT2D eigenvalue weighted by Crippen LogP contribution is 2.40. The standard InChI is InChI=1S/C34H41N3O5S/c1-22-12-10-11-15-25(22)20-35-32(39)30-34(3,4)43-21-37(30)33(40)23(2)28(18-24-13-8-7-9-14-24)36-31(38)27-17-16-26(41-5)19-29(27)42-6/h7-17,19,23,28,30H,18,20-21H2,1-6H3,(H,35,39)(H,36,38)/t23-,28?,30+/m0/s1. The van der Waals surface area contributed by atoms with Crippen LogP contribution in [0.25, 0.3) is 0 Å². The zero-order valence-corrected chi connectivity index (χ0v) is 26.5. The first-order valence-electron chi connectivity index (χ1n) is 14.4. The minimum absolute atomic E-state index is 0.183. The Hall–Kier alpha value is -3.98. The molecule has 8 nitrogen and oxygen atoms in total. The molecule has 1 aliphatic rings. The topological polar surface area (TPSA) is 97.0 Å². The summed E-state index contributed by atoms with van der Waals surface area (Å²) in [5.41, 5.74) is 3.45. The van der Waals surface area contributed by atoms with Gasteiger partial charge in [-0.15, -0.1) is 11.8 Å². The first-order chi connectivity index (χ1) is 20.6. The average molecular weight is 604 g/mol. The van der Waals surface area contributed by atoms with Crippen LogP contribution < -0.4 is 20.1 Å². The second kappa shape index (κ2) is 14.0. The van der Waals surface area contributed by atoms with Gasteiger partial charge in [-0.05, 0) is 56.0 Å². The van der Waals surface area contributed by atoms with Crippen LogP contribution in [0.1, 0.15) is 47.8 Å². The Kier molecular flexibility index (Phi) is 10.4. The van der Waals surface area contributed by atoms with Crippen molar-refractivity contribution in [1.82, 2.24) is 15.5 Å². The number of rotatable bonds is 11. The third-order valence-electron chi connectivity index (χ3n) is 8.05. The second-order valence-electron chi connectivity index (χ2n) is 11.4. The number of ether oxygens (including phenoxy) is 2. The lowest BCUT2D eigenvalue weighted by Gasteiger charge is -2.34. The van der Waals surface area contributed by atoms with Crippen molar-refractivity contribution in [3.05, 3.63) is 95.1 Å². The maximum Gasteiger partial charge on any atom is 0.255 e. The van der Waals surface area contributed by atoms with Crippen molar-refractivity contribution in [2.45, 2.75) is 57.5 Å². The number of nitrogens with one attached hydrogen (secondary N) is 2. The van der Waals surface area contributed by atoms with Gasteiger partial charge in [0.1, 0.15) is 17.5 Å². The van der Waals surface area contributed by atoms with E-state index in [4.69, 9.17) is 9.47 Å². The number of carbonyl (C=O) groups is 3. The van der Waals surface area contributed by atoms with E-state index in [0.29, 0.717) is 35.9 Å². The molecule has 0 radical (unpaired) electrons. The molecular weight excluding hydrogens is 562 g/mol. The lowest BCUT2D eigenvalue weighted by molar-refractivity contribution is -0.142. The van der Waals surface area contributed by atoms with Crippen molar-refractivity contribution < 1.29 is 23.9 Å². The molecule has 228 valence electrons. The Labute approximate surface area is 258 Å². The van der Waals surface area contributed by atoms with Crippen LogP contribution in [0.3, 0.4) is 0 Å². The highest BCUT2D eigenvalue weighted by molar-refractivity contribution is 8.00. The first-order valence-corrected chi connectivity index (χ1v) is 15.4. The van der Waals surface area contributed by atoms with Crippen molar-refractivity contribution in [3.8, 4) is 11.5 Å². The van der Waals surface area contributed by atoms with Crippen molar-refractivity contribution in [3.63, 3.8) is 0 Å². The molecule has 0 aliphatic carbocycles. The number of amides is 3. The normalized spacial score (nSPS) is 17.1. The van der Waals surface area contributed by atoms with Gasteiger partial charge in [-0.1, -0.05) is 61.5 Å². The summed E-state index contributed by atoms with van der Waals surface area (Å²) in [5, 5.41) is 6.17.